The Labute approximate surface area is 508 Å². The Bertz CT molecular complexity index is 1220. The molecule has 3 N–H and O–H groups in total. The van der Waals surface area contributed by atoms with Gasteiger partial charge in [-0.05, 0) is 51.4 Å². The molecule has 1 amide bonds. The monoisotopic (exact) mass is 1140 g/mol. The molecule has 81 heavy (non-hydrogen) atoms. The fraction of sp³-hybridized carbons (Fsp3) is 0.947. The van der Waals surface area contributed by atoms with E-state index in [1.807, 2.05) is 0 Å². The van der Waals surface area contributed by atoms with Crippen molar-refractivity contribution in [1.82, 2.24) is 5.32 Å². The average Bonchev–Trinajstić information content (AvgIpc) is 3.47. The predicted molar refractivity (Wildman–Crippen MR) is 357 cm³/mol. The lowest BCUT2D eigenvalue weighted by Crippen LogP contribution is -2.45. The molecule has 0 fully saturated rings. The Morgan fingerprint density at radius 2 is 0.580 bits per heavy atom. The van der Waals surface area contributed by atoms with Crippen molar-refractivity contribution in [1.29, 1.82) is 0 Å². The highest BCUT2D eigenvalue weighted by Crippen LogP contribution is 2.20. The van der Waals surface area contributed by atoms with Crippen LogP contribution in [0.15, 0.2) is 12.2 Å². The number of rotatable bonds is 71. The Kier molecular flexibility index (Phi) is 69.9. The molecule has 0 aromatic heterocycles. The second kappa shape index (κ2) is 71.1. The summed E-state index contributed by atoms with van der Waals surface area (Å²) in [5.74, 6) is -0.0165. The molecular formula is C75H147NO5. The molecule has 2 atom stereocenters. The third kappa shape index (κ3) is 67.6. The third-order valence-corrected chi connectivity index (χ3v) is 17.8. The largest absolute Gasteiger partial charge is 0.466 e. The molecule has 0 aliphatic heterocycles. The standard InChI is InChI=1S/C75H147NO5/c1-3-5-7-9-11-13-15-17-18-19-20-21-22-28-31-34-37-40-44-47-51-55-59-63-67-73(78)72(71-77)76-74(79)68-64-60-56-52-48-45-41-38-35-32-29-26-24-23-25-27-30-33-36-39-42-46-50-54-58-62-66-70-81-75(80)69-65-61-57-53-49-43-16-14-12-10-8-6-4-2/h14,16,72-73,77-78H,3-13,15,17-71H2,1-2H3,(H,76,79)/b16-14-. The van der Waals surface area contributed by atoms with E-state index in [1.165, 1.54) is 353 Å². The molecule has 0 saturated heterocycles. The van der Waals surface area contributed by atoms with Crippen molar-refractivity contribution in [2.24, 2.45) is 0 Å². The van der Waals surface area contributed by atoms with Gasteiger partial charge in [-0.1, -0.05) is 379 Å². The van der Waals surface area contributed by atoms with E-state index in [1.54, 1.807) is 0 Å². The van der Waals surface area contributed by atoms with Gasteiger partial charge in [-0.2, -0.15) is 0 Å². The average molecular weight is 1140 g/mol. The highest BCUT2D eigenvalue weighted by Gasteiger charge is 2.20. The lowest BCUT2D eigenvalue weighted by atomic mass is 10.0. The summed E-state index contributed by atoms with van der Waals surface area (Å²) in [4.78, 5) is 24.6. The lowest BCUT2D eigenvalue weighted by molar-refractivity contribution is -0.143. The summed E-state index contributed by atoms with van der Waals surface area (Å²) in [6, 6.07) is -0.540. The van der Waals surface area contributed by atoms with Gasteiger partial charge in [0.05, 0.1) is 25.4 Å². The zero-order valence-electron chi connectivity index (χ0n) is 55.3. The second-order valence-corrected chi connectivity index (χ2v) is 26.0. The minimum atomic E-state index is -0.663. The first-order valence-corrected chi connectivity index (χ1v) is 37.4. The van der Waals surface area contributed by atoms with E-state index in [0.29, 0.717) is 25.9 Å². The first kappa shape index (κ1) is 79.6. The van der Waals surface area contributed by atoms with Crippen LogP contribution in [0.25, 0.3) is 0 Å². The van der Waals surface area contributed by atoms with Gasteiger partial charge in [0, 0.05) is 12.8 Å². The summed E-state index contributed by atoms with van der Waals surface area (Å²) in [6.07, 6.45) is 88.5. The van der Waals surface area contributed by atoms with E-state index in [2.05, 4.69) is 31.3 Å². The van der Waals surface area contributed by atoms with Crippen LogP contribution in [0.2, 0.25) is 0 Å². The van der Waals surface area contributed by atoms with Crippen molar-refractivity contribution >= 4 is 11.9 Å². The molecule has 0 heterocycles. The Morgan fingerprint density at radius 3 is 0.889 bits per heavy atom. The maximum Gasteiger partial charge on any atom is 0.305 e. The molecule has 0 aromatic carbocycles. The molecule has 0 aromatic rings. The van der Waals surface area contributed by atoms with Crippen LogP contribution in [0.5, 0.6) is 0 Å². The molecule has 0 radical (unpaired) electrons. The van der Waals surface area contributed by atoms with Crippen molar-refractivity contribution in [3.05, 3.63) is 12.2 Å². The van der Waals surface area contributed by atoms with Gasteiger partial charge in [-0.3, -0.25) is 9.59 Å². The minimum Gasteiger partial charge on any atom is -0.466 e. The van der Waals surface area contributed by atoms with Gasteiger partial charge in [0.2, 0.25) is 5.91 Å². The van der Waals surface area contributed by atoms with E-state index in [0.717, 1.165) is 44.9 Å². The maximum atomic E-state index is 12.6. The number of unbranched alkanes of at least 4 members (excludes halogenated alkanes) is 58. The first-order valence-electron chi connectivity index (χ1n) is 37.4. The molecule has 0 bridgehead atoms. The lowest BCUT2D eigenvalue weighted by Gasteiger charge is -2.22. The number of allylic oxidation sites excluding steroid dienone is 2. The van der Waals surface area contributed by atoms with Gasteiger partial charge >= 0.3 is 5.97 Å². The molecule has 0 spiro atoms. The minimum absolute atomic E-state index is 0.00999. The summed E-state index contributed by atoms with van der Waals surface area (Å²) < 4.78 is 5.48. The summed E-state index contributed by atoms with van der Waals surface area (Å²) in [5.41, 5.74) is 0. The molecule has 6 heteroatoms. The van der Waals surface area contributed by atoms with Gasteiger partial charge in [-0.15, -0.1) is 0 Å². The van der Waals surface area contributed by atoms with Gasteiger partial charge in [0.1, 0.15) is 0 Å². The van der Waals surface area contributed by atoms with Gasteiger partial charge in [0.15, 0.2) is 0 Å². The number of hydrogen-bond acceptors (Lipinski definition) is 5. The van der Waals surface area contributed by atoms with Crippen LogP contribution in [-0.2, 0) is 14.3 Å². The van der Waals surface area contributed by atoms with Crippen molar-refractivity contribution in [2.45, 2.75) is 443 Å². The number of aliphatic hydroxyl groups is 2. The normalized spacial score (nSPS) is 12.5. The quantitative estimate of drug-likeness (QED) is 0.0320. The predicted octanol–water partition coefficient (Wildman–Crippen LogP) is 24.3. The summed E-state index contributed by atoms with van der Waals surface area (Å²) in [5, 5.41) is 23.5. The topological polar surface area (TPSA) is 95.9 Å². The number of aliphatic hydroxyl groups excluding tert-OH is 2. The molecule has 2 unspecified atom stereocenters. The van der Waals surface area contributed by atoms with Crippen LogP contribution in [-0.4, -0.2) is 47.4 Å². The van der Waals surface area contributed by atoms with Crippen molar-refractivity contribution in [3.63, 3.8) is 0 Å². The molecule has 6 nitrogen and oxygen atoms in total. The molecule has 482 valence electrons. The fourth-order valence-corrected chi connectivity index (χ4v) is 12.1. The molecule has 0 aliphatic carbocycles. The van der Waals surface area contributed by atoms with Crippen LogP contribution >= 0.6 is 0 Å². The van der Waals surface area contributed by atoms with Crippen LogP contribution in [0.4, 0.5) is 0 Å². The van der Waals surface area contributed by atoms with Crippen LogP contribution < -0.4 is 5.32 Å². The second-order valence-electron chi connectivity index (χ2n) is 26.0. The number of carbonyl (C=O) groups is 2. The van der Waals surface area contributed by atoms with Crippen molar-refractivity contribution in [2.75, 3.05) is 13.2 Å². The number of ether oxygens (including phenoxy) is 1. The third-order valence-electron chi connectivity index (χ3n) is 17.8. The number of amides is 1. The molecular weight excluding hydrogens is 995 g/mol. The van der Waals surface area contributed by atoms with E-state index in [9.17, 15) is 19.8 Å². The summed E-state index contributed by atoms with van der Waals surface area (Å²) in [6.45, 7) is 4.99. The summed E-state index contributed by atoms with van der Waals surface area (Å²) >= 11 is 0. The van der Waals surface area contributed by atoms with Gasteiger partial charge in [-0.25, -0.2) is 0 Å². The van der Waals surface area contributed by atoms with Crippen LogP contribution in [0.1, 0.15) is 431 Å². The van der Waals surface area contributed by atoms with Crippen molar-refractivity contribution in [3.8, 4) is 0 Å². The first-order chi connectivity index (χ1) is 40.0. The Morgan fingerprint density at radius 1 is 0.333 bits per heavy atom. The highest BCUT2D eigenvalue weighted by molar-refractivity contribution is 5.76. The van der Waals surface area contributed by atoms with E-state index in [-0.39, 0.29) is 18.5 Å². The zero-order chi connectivity index (χ0) is 58.5. The Balaban J connectivity index is 3.35. The van der Waals surface area contributed by atoms with Gasteiger partial charge in [0.25, 0.3) is 0 Å². The number of nitrogens with one attached hydrogen (secondary N) is 1. The number of esters is 1. The maximum absolute atomic E-state index is 12.6. The molecule has 0 saturated carbocycles. The van der Waals surface area contributed by atoms with Crippen LogP contribution in [0.3, 0.4) is 0 Å². The van der Waals surface area contributed by atoms with Crippen LogP contribution in [0, 0.1) is 0 Å². The highest BCUT2D eigenvalue weighted by atomic mass is 16.5. The Hall–Kier alpha value is -1.40. The zero-order valence-corrected chi connectivity index (χ0v) is 55.3. The van der Waals surface area contributed by atoms with Gasteiger partial charge < -0.3 is 20.3 Å². The molecule has 0 rings (SSSR count). The fourth-order valence-electron chi connectivity index (χ4n) is 12.1. The number of carbonyl (C=O) groups excluding carboxylic acids is 2. The molecule has 0 aliphatic rings. The van der Waals surface area contributed by atoms with E-state index < -0.39 is 12.1 Å². The SMILES string of the molecule is CCCCCC/C=C\CCCCCCCC(=O)OCCCCCCCCCCCCCCCCCCCCCCCCCCCCCC(=O)NC(CO)C(O)CCCCCCCCCCCCCCCCCCCCCCCCCC. The number of hydrogen-bond donors (Lipinski definition) is 3. The van der Waals surface area contributed by atoms with E-state index in [4.69, 9.17) is 4.74 Å². The van der Waals surface area contributed by atoms with Crippen molar-refractivity contribution < 1.29 is 24.5 Å². The summed E-state index contributed by atoms with van der Waals surface area (Å²) in [7, 11) is 0. The smallest absolute Gasteiger partial charge is 0.305 e. The van der Waals surface area contributed by atoms with E-state index >= 15 is 0 Å².